The first-order valence-electron chi connectivity index (χ1n) is 5.92. The molecule has 1 heterocycles. The summed E-state index contributed by atoms with van der Waals surface area (Å²) >= 11 is 0. The van der Waals surface area contributed by atoms with Gasteiger partial charge in [0.05, 0.1) is 0 Å². The number of rotatable bonds is 2. The molecule has 0 saturated carbocycles. The molecule has 7 heteroatoms. The summed E-state index contributed by atoms with van der Waals surface area (Å²) < 4.78 is 4.99. The molecular weight excluding hydrogens is 236 g/mol. The highest BCUT2D eigenvalue weighted by molar-refractivity contribution is 5.88. The molecule has 0 radical (unpaired) electrons. The highest BCUT2D eigenvalue weighted by Crippen LogP contribution is 2.06. The first kappa shape index (κ1) is 14.3. The molecule has 0 aliphatic carbocycles. The van der Waals surface area contributed by atoms with E-state index in [2.05, 4.69) is 21.2 Å². The van der Waals surface area contributed by atoms with Crippen molar-refractivity contribution in [3.63, 3.8) is 0 Å². The molecule has 0 unspecified atom stereocenters. The number of hydrazine groups is 1. The molecular formula is C11H20N4O3. The molecule has 0 fully saturated rings. The second-order valence-corrected chi connectivity index (χ2v) is 4.96. The fraction of sp³-hybridized carbons (Fsp3) is 0.727. The van der Waals surface area contributed by atoms with Gasteiger partial charge in [0.2, 0.25) is 0 Å². The van der Waals surface area contributed by atoms with Gasteiger partial charge in [0, 0.05) is 13.0 Å². The molecule has 3 N–H and O–H groups in total. The zero-order valence-electron chi connectivity index (χ0n) is 11.0. The van der Waals surface area contributed by atoms with E-state index in [0.29, 0.717) is 0 Å². The Morgan fingerprint density at radius 3 is 2.67 bits per heavy atom. The highest BCUT2D eigenvalue weighted by atomic mass is 16.6. The number of nitrogens with zero attached hydrogens (tertiary/aromatic N) is 1. The topological polar surface area (TPSA) is 91.8 Å². The Morgan fingerprint density at radius 1 is 1.39 bits per heavy atom. The molecule has 0 spiro atoms. The van der Waals surface area contributed by atoms with E-state index in [0.717, 1.165) is 25.2 Å². The van der Waals surface area contributed by atoms with Crippen molar-refractivity contribution in [2.75, 3.05) is 13.1 Å². The Balaban J connectivity index is 2.14. The minimum atomic E-state index is -0.615. The van der Waals surface area contributed by atoms with Crippen LogP contribution in [0.5, 0.6) is 0 Å². The molecule has 0 saturated heterocycles. The molecule has 0 bridgehead atoms. The number of alkyl carbamates (subject to hydrolysis) is 1. The number of ether oxygens (including phenoxy) is 1. The van der Waals surface area contributed by atoms with E-state index in [1.54, 1.807) is 20.8 Å². The van der Waals surface area contributed by atoms with Crippen molar-refractivity contribution in [3.8, 4) is 0 Å². The van der Waals surface area contributed by atoms with E-state index in [4.69, 9.17) is 4.74 Å². The van der Waals surface area contributed by atoms with Crippen LogP contribution in [-0.2, 0) is 9.53 Å². The Hall–Kier alpha value is -1.79. The van der Waals surface area contributed by atoms with Gasteiger partial charge in [-0.2, -0.15) is 0 Å². The van der Waals surface area contributed by atoms with Gasteiger partial charge in [0.1, 0.15) is 18.0 Å². The first-order chi connectivity index (χ1) is 8.37. The van der Waals surface area contributed by atoms with Crippen LogP contribution in [0.15, 0.2) is 4.99 Å². The predicted molar refractivity (Wildman–Crippen MR) is 67.1 cm³/mol. The molecule has 2 amide bonds. The van der Waals surface area contributed by atoms with Crippen LogP contribution >= 0.6 is 0 Å². The van der Waals surface area contributed by atoms with Gasteiger partial charge in [0.15, 0.2) is 0 Å². The van der Waals surface area contributed by atoms with Crippen LogP contribution in [0.4, 0.5) is 4.79 Å². The molecule has 0 atom stereocenters. The van der Waals surface area contributed by atoms with Gasteiger partial charge in [-0.05, 0) is 27.2 Å². The molecule has 7 nitrogen and oxygen atoms in total. The molecule has 1 aliphatic rings. The van der Waals surface area contributed by atoms with E-state index < -0.39 is 11.7 Å². The lowest BCUT2D eigenvalue weighted by Gasteiger charge is -2.19. The zero-order valence-corrected chi connectivity index (χ0v) is 11.0. The van der Waals surface area contributed by atoms with Crippen molar-refractivity contribution >= 4 is 17.8 Å². The minimum Gasteiger partial charge on any atom is -0.444 e. The summed E-state index contributed by atoms with van der Waals surface area (Å²) in [6, 6.07) is 0. The van der Waals surface area contributed by atoms with Crippen LogP contribution in [0.3, 0.4) is 0 Å². The van der Waals surface area contributed by atoms with Crippen molar-refractivity contribution in [1.29, 1.82) is 0 Å². The fourth-order valence-electron chi connectivity index (χ4n) is 1.29. The van der Waals surface area contributed by atoms with Crippen LogP contribution in [0.2, 0.25) is 0 Å². The van der Waals surface area contributed by atoms with Gasteiger partial charge in [-0.1, -0.05) is 0 Å². The van der Waals surface area contributed by atoms with Crippen molar-refractivity contribution in [2.45, 2.75) is 39.2 Å². The Bertz CT molecular complexity index is 347. The van der Waals surface area contributed by atoms with Gasteiger partial charge in [-0.25, -0.2) is 4.79 Å². The third-order valence-electron chi connectivity index (χ3n) is 2.01. The largest absolute Gasteiger partial charge is 0.444 e. The number of amides is 2. The van der Waals surface area contributed by atoms with Gasteiger partial charge in [0.25, 0.3) is 5.91 Å². The normalized spacial score (nSPS) is 14.7. The van der Waals surface area contributed by atoms with Crippen LogP contribution in [0, 0.1) is 0 Å². The molecule has 0 aromatic rings. The van der Waals surface area contributed by atoms with Crippen molar-refractivity contribution < 1.29 is 14.3 Å². The average molecular weight is 256 g/mol. The maximum Gasteiger partial charge on any atom is 0.408 e. The van der Waals surface area contributed by atoms with Gasteiger partial charge in [-0.15, -0.1) is 0 Å². The van der Waals surface area contributed by atoms with E-state index in [1.807, 2.05) is 0 Å². The highest BCUT2D eigenvalue weighted by Gasteiger charge is 2.16. The first-order valence-corrected chi connectivity index (χ1v) is 5.92. The van der Waals surface area contributed by atoms with E-state index in [9.17, 15) is 9.59 Å². The van der Waals surface area contributed by atoms with Gasteiger partial charge < -0.3 is 10.1 Å². The monoisotopic (exact) mass is 256 g/mol. The number of aliphatic imine (C=N–C) groups is 1. The maximum absolute atomic E-state index is 11.4. The van der Waals surface area contributed by atoms with E-state index >= 15 is 0 Å². The lowest BCUT2D eigenvalue weighted by molar-refractivity contribution is -0.120. The number of carbonyl (C=O) groups is 2. The number of carbonyl (C=O) groups excluding carboxylic acids is 2. The maximum atomic E-state index is 11.4. The number of hydrogen-bond acceptors (Lipinski definition) is 5. The third kappa shape index (κ3) is 6.07. The predicted octanol–water partition coefficient (Wildman–Crippen LogP) is 0.324. The summed E-state index contributed by atoms with van der Waals surface area (Å²) in [6.07, 6.45) is 1.21. The van der Waals surface area contributed by atoms with Crippen LogP contribution < -0.4 is 16.2 Å². The minimum absolute atomic E-state index is 0.144. The number of amidine groups is 1. The summed E-state index contributed by atoms with van der Waals surface area (Å²) in [5, 5.41) is 2.36. The zero-order chi connectivity index (χ0) is 13.6. The molecule has 0 aromatic carbocycles. The van der Waals surface area contributed by atoms with Crippen LogP contribution in [-0.4, -0.2) is 36.5 Å². The molecule has 1 aliphatic heterocycles. The standard InChI is InChI=1S/C11H20N4O3/c1-11(2,3)18-10(17)13-7-9(16)15-14-8-5-4-6-12-8/h4-7H2,1-3H3,(H,12,14)(H,13,17)(H,15,16). The molecule has 1 rings (SSSR count). The number of nitrogens with one attached hydrogen (secondary N) is 3. The van der Waals surface area contributed by atoms with Crippen LogP contribution in [0.1, 0.15) is 33.6 Å². The summed E-state index contributed by atoms with van der Waals surface area (Å²) in [5.41, 5.74) is 4.59. The smallest absolute Gasteiger partial charge is 0.408 e. The lowest BCUT2D eigenvalue weighted by Crippen LogP contribution is -2.46. The van der Waals surface area contributed by atoms with Crippen LogP contribution in [0.25, 0.3) is 0 Å². The molecule has 18 heavy (non-hydrogen) atoms. The van der Waals surface area contributed by atoms with E-state index in [1.165, 1.54) is 0 Å². The summed E-state index contributed by atoms with van der Waals surface area (Å²) in [4.78, 5) is 26.8. The third-order valence-corrected chi connectivity index (χ3v) is 2.01. The molecule has 0 aromatic heterocycles. The Kier molecular flexibility index (Phi) is 4.94. The number of hydrogen-bond donors (Lipinski definition) is 3. The summed E-state index contributed by atoms with van der Waals surface area (Å²) in [6.45, 7) is 5.91. The summed E-state index contributed by atoms with van der Waals surface area (Å²) in [7, 11) is 0. The van der Waals surface area contributed by atoms with Crippen molar-refractivity contribution in [1.82, 2.24) is 16.2 Å². The lowest BCUT2D eigenvalue weighted by atomic mass is 10.2. The van der Waals surface area contributed by atoms with E-state index in [-0.39, 0.29) is 12.5 Å². The quantitative estimate of drug-likeness (QED) is 0.621. The average Bonchev–Trinajstić information content (AvgIpc) is 2.74. The fourth-order valence-corrected chi connectivity index (χ4v) is 1.29. The van der Waals surface area contributed by atoms with Crippen molar-refractivity contribution in [3.05, 3.63) is 0 Å². The van der Waals surface area contributed by atoms with Crippen molar-refractivity contribution in [2.24, 2.45) is 4.99 Å². The van der Waals surface area contributed by atoms with Gasteiger partial charge in [-0.3, -0.25) is 20.6 Å². The Morgan fingerprint density at radius 2 is 2.11 bits per heavy atom. The summed E-state index contributed by atoms with van der Waals surface area (Å²) in [5.74, 6) is 0.413. The molecule has 102 valence electrons. The van der Waals surface area contributed by atoms with Gasteiger partial charge >= 0.3 is 6.09 Å². The SMILES string of the molecule is CC(C)(C)OC(=O)NCC(=O)NNC1=NCCC1. The second kappa shape index (κ2) is 6.23. The Labute approximate surface area is 106 Å². The second-order valence-electron chi connectivity index (χ2n) is 4.96.